The summed E-state index contributed by atoms with van der Waals surface area (Å²) in [5.74, 6) is 1.16. The molecule has 1 N–H and O–H groups in total. The van der Waals surface area contributed by atoms with Crippen molar-refractivity contribution in [1.82, 2.24) is 15.1 Å². The predicted octanol–water partition coefficient (Wildman–Crippen LogP) is 2.18. The van der Waals surface area contributed by atoms with E-state index in [2.05, 4.69) is 36.7 Å². The number of nitrogens with one attached hydrogen (secondary N) is 1. The molecule has 1 atom stereocenters. The van der Waals surface area contributed by atoms with Crippen molar-refractivity contribution in [3.05, 3.63) is 18.0 Å². The van der Waals surface area contributed by atoms with Crippen LogP contribution >= 0.6 is 11.8 Å². The fourth-order valence-corrected chi connectivity index (χ4v) is 2.35. The zero-order chi connectivity index (χ0) is 11.8. The maximum absolute atomic E-state index is 4.31. The number of hydrogen-bond donors (Lipinski definition) is 1. The highest BCUT2D eigenvalue weighted by atomic mass is 32.2. The van der Waals surface area contributed by atoms with Gasteiger partial charge in [0.2, 0.25) is 0 Å². The second kappa shape index (κ2) is 7.74. The van der Waals surface area contributed by atoms with Gasteiger partial charge in [-0.25, -0.2) is 0 Å². The molecule has 1 heterocycles. The van der Waals surface area contributed by atoms with E-state index in [1.54, 1.807) is 0 Å². The van der Waals surface area contributed by atoms with Crippen LogP contribution in [0.3, 0.4) is 0 Å². The van der Waals surface area contributed by atoms with Gasteiger partial charge in [0.25, 0.3) is 0 Å². The van der Waals surface area contributed by atoms with Crippen LogP contribution in [0.1, 0.15) is 25.8 Å². The van der Waals surface area contributed by atoms with Crippen molar-refractivity contribution in [3.8, 4) is 0 Å². The smallest absolute Gasteiger partial charge is 0.0522 e. The summed E-state index contributed by atoms with van der Waals surface area (Å²) >= 11 is 1.90. The first kappa shape index (κ1) is 13.6. The molecule has 3 nitrogen and oxygen atoms in total. The van der Waals surface area contributed by atoms with Crippen molar-refractivity contribution >= 4 is 11.8 Å². The Morgan fingerprint density at radius 2 is 2.31 bits per heavy atom. The van der Waals surface area contributed by atoms with E-state index in [1.165, 1.54) is 12.0 Å². The van der Waals surface area contributed by atoms with E-state index in [0.717, 1.165) is 25.3 Å². The van der Waals surface area contributed by atoms with Gasteiger partial charge in [0.1, 0.15) is 0 Å². The minimum absolute atomic E-state index is 0.574. The molecule has 0 aliphatic rings. The van der Waals surface area contributed by atoms with Crippen molar-refractivity contribution in [2.24, 2.45) is 0 Å². The van der Waals surface area contributed by atoms with E-state index in [-0.39, 0.29) is 0 Å². The van der Waals surface area contributed by atoms with Crippen molar-refractivity contribution in [1.29, 1.82) is 0 Å². The van der Waals surface area contributed by atoms with Gasteiger partial charge in [0, 0.05) is 24.5 Å². The lowest BCUT2D eigenvalue weighted by atomic mass is 10.1. The van der Waals surface area contributed by atoms with Gasteiger partial charge in [-0.2, -0.15) is 16.9 Å². The molecule has 1 aromatic rings. The van der Waals surface area contributed by atoms with Crippen LogP contribution in [0, 0.1) is 0 Å². The molecule has 0 radical (unpaired) electrons. The van der Waals surface area contributed by atoms with Crippen molar-refractivity contribution in [2.45, 2.75) is 39.3 Å². The van der Waals surface area contributed by atoms with Crippen molar-refractivity contribution in [3.63, 3.8) is 0 Å². The first-order valence-corrected chi connectivity index (χ1v) is 7.43. The summed E-state index contributed by atoms with van der Waals surface area (Å²) in [6, 6.07) is 0.574. The Hall–Kier alpha value is -0.480. The summed E-state index contributed by atoms with van der Waals surface area (Å²) in [4.78, 5) is 0. The van der Waals surface area contributed by atoms with Crippen LogP contribution in [-0.4, -0.2) is 34.4 Å². The van der Waals surface area contributed by atoms with E-state index in [4.69, 9.17) is 0 Å². The van der Waals surface area contributed by atoms with E-state index >= 15 is 0 Å². The zero-order valence-corrected chi connectivity index (χ0v) is 11.4. The normalized spacial score (nSPS) is 12.9. The van der Waals surface area contributed by atoms with Gasteiger partial charge in [-0.05, 0) is 38.1 Å². The molecule has 0 aliphatic carbocycles. The third-order valence-corrected chi connectivity index (χ3v) is 3.28. The van der Waals surface area contributed by atoms with Gasteiger partial charge < -0.3 is 5.32 Å². The summed E-state index contributed by atoms with van der Waals surface area (Å²) in [5, 5.41) is 7.90. The monoisotopic (exact) mass is 241 g/mol. The van der Waals surface area contributed by atoms with Gasteiger partial charge in [0.05, 0.1) is 6.20 Å². The number of nitrogens with zero attached hydrogens (tertiary/aromatic N) is 2. The molecule has 4 heteroatoms. The Bertz CT molecular complexity index is 286. The summed E-state index contributed by atoms with van der Waals surface area (Å²) in [6.45, 7) is 6.38. The molecule has 0 saturated heterocycles. The highest BCUT2D eigenvalue weighted by Gasteiger charge is 2.09. The molecule has 92 valence electrons. The number of hydrogen-bond acceptors (Lipinski definition) is 3. The van der Waals surface area contributed by atoms with E-state index in [9.17, 15) is 0 Å². The lowest BCUT2D eigenvalue weighted by Gasteiger charge is -2.16. The average Bonchev–Trinajstić information content (AvgIpc) is 2.74. The molecule has 0 saturated carbocycles. The van der Waals surface area contributed by atoms with Crippen molar-refractivity contribution in [2.75, 3.05) is 18.6 Å². The van der Waals surface area contributed by atoms with E-state index in [1.807, 2.05) is 22.6 Å². The standard InChI is InChI=1S/C12H23N3S/c1-4-6-13-12(10-16-3)7-11-8-14-15(5-2)9-11/h8-9,12-13H,4-7,10H2,1-3H3. The summed E-state index contributed by atoms with van der Waals surface area (Å²) in [7, 11) is 0. The number of aromatic nitrogens is 2. The van der Waals surface area contributed by atoms with Gasteiger partial charge in [-0.3, -0.25) is 4.68 Å². The maximum atomic E-state index is 4.31. The lowest BCUT2D eigenvalue weighted by Crippen LogP contribution is -2.33. The molecule has 0 amide bonds. The van der Waals surface area contributed by atoms with Crippen LogP contribution < -0.4 is 5.32 Å². The molecular formula is C12H23N3S. The Morgan fingerprint density at radius 3 is 2.88 bits per heavy atom. The molecule has 16 heavy (non-hydrogen) atoms. The second-order valence-corrected chi connectivity index (χ2v) is 4.93. The highest BCUT2D eigenvalue weighted by molar-refractivity contribution is 7.98. The van der Waals surface area contributed by atoms with Gasteiger partial charge in [0.15, 0.2) is 0 Å². The Morgan fingerprint density at radius 1 is 1.50 bits per heavy atom. The molecule has 1 unspecified atom stereocenters. The minimum Gasteiger partial charge on any atom is -0.313 e. The van der Waals surface area contributed by atoms with Gasteiger partial charge in [-0.1, -0.05) is 6.92 Å². The van der Waals surface area contributed by atoms with Gasteiger partial charge in [-0.15, -0.1) is 0 Å². The first-order valence-electron chi connectivity index (χ1n) is 6.03. The second-order valence-electron chi connectivity index (χ2n) is 4.01. The SMILES string of the molecule is CCCNC(CSC)Cc1cnn(CC)c1. The molecule has 0 fully saturated rings. The average molecular weight is 241 g/mol. The van der Waals surface area contributed by atoms with Gasteiger partial charge >= 0.3 is 0 Å². The van der Waals surface area contributed by atoms with Crippen LogP contribution in [0.25, 0.3) is 0 Å². The molecule has 0 spiro atoms. The number of aryl methyl sites for hydroxylation is 1. The predicted molar refractivity (Wildman–Crippen MR) is 72.1 cm³/mol. The van der Waals surface area contributed by atoms with E-state index in [0.29, 0.717) is 6.04 Å². The number of thioether (sulfide) groups is 1. The minimum atomic E-state index is 0.574. The highest BCUT2D eigenvalue weighted by Crippen LogP contribution is 2.06. The van der Waals surface area contributed by atoms with Crippen LogP contribution in [0.15, 0.2) is 12.4 Å². The summed E-state index contributed by atoms with van der Waals surface area (Å²) in [6.07, 6.45) is 8.58. The van der Waals surface area contributed by atoms with Crippen LogP contribution in [0.2, 0.25) is 0 Å². The molecule has 1 aromatic heterocycles. The molecule has 1 rings (SSSR count). The molecular weight excluding hydrogens is 218 g/mol. The molecule has 0 bridgehead atoms. The third kappa shape index (κ3) is 4.58. The quantitative estimate of drug-likeness (QED) is 0.756. The maximum Gasteiger partial charge on any atom is 0.0522 e. The fraction of sp³-hybridized carbons (Fsp3) is 0.750. The van der Waals surface area contributed by atoms with Crippen molar-refractivity contribution < 1.29 is 0 Å². The molecule has 0 aromatic carbocycles. The first-order chi connectivity index (χ1) is 7.80. The Kier molecular flexibility index (Phi) is 6.57. The molecule has 0 aliphatic heterocycles. The zero-order valence-electron chi connectivity index (χ0n) is 10.6. The van der Waals surface area contributed by atoms with Crippen LogP contribution in [-0.2, 0) is 13.0 Å². The fourth-order valence-electron chi connectivity index (χ4n) is 1.71. The summed E-state index contributed by atoms with van der Waals surface area (Å²) in [5.41, 5.74) is 1.34. The van der Waals surface area contributed by atoms with Crippen LogP contribution in [0.5, 0.6) is 0 Å². The topological polar surface area (TPSA) is 29.9 Å². The van der Waals surface area contributed by atoms with E-state index < -0.39 is 0 Å². The lowest BCUT2D eigenvalue weighted by molar-refractivity contribution is 0.550. The number of rotatable bonds is 8. The largest absolute Gasteiger partial charge is 0.313 e. The third-order valence-electron chi connectivity index (χ3n) is 2.54. The summed E-state index contributed by atoms with van der Waals surface area (Å²) < 4.78 is 1.99. The Labute approximate surface area is 103 Å². The Balaban J connectivity index is 2.46. The van der Waals surface area contributed by atoms with Crippen LogP contribution in [0.4, 0.5) is 0 Å².